The van der Waals surface area contributed by atoms with Crippen molar-refractivity contribution >= 4 is 21.5 Å². The summed E-state index contributed by atoms with van der Waals surface area (Å²) in [6, 6.07) is 0. The van der Waals surface area contributed by atoms with E-state index in [0.29, 0.717) is 5.75 Å². The number of aromatic hydroxyl groups is 1. The molecule has 0 aliphatic rings. The van der Waals surface area contributed by atoms with Gasteiger partial charge in [0.15, 0.2) is 0 Å². The molecule has 3 aromatic carbocycles. The van der Waals surface area contributed by atoms with Crippen molar-refractivity contribution < 1.29 is 5.11 Å². The molecule has 0 bridgehead atoms. The fourth-order valence-corrected chi connectivity index (χ4v) is 4.58. The van der Waals surface area contributed by atoms with Gasteiger partial charge in [0.1, 0.15) is 5.75 Å². The minimum Gasteiger partial charge on any atom is -0.507 e. The first kappa shape index (κ1) is 16.8. The molecule has 0 spiro atoms. The number of phenolic OH excluding ortho intramolecular Hbond substituents is 1. The molecule has 0 radical (unpaired) electrons. The largest absolute Gasteiger partial charge is 0.507 e. The van der Waals surface area contributed by atoms with E-state index in [1.165, 1.54) is 60.5 Å². The van der Waals surface area contributed by atoms with Gasteiger partial charge in [0.2, 0.25) is 0 Å². The molecule has 0 fully saturated rings. The van der Waals surface area contributed by atoms with Gasteiger partial charge in [-0.25, -0.2) is 0 Å². The second-order valence-corrected chi connectivity index (χ2v) is 7.47. The molecular formula is C23H28O. The smallest absolute Gasteiger partial charge is 0.122 e. The van der Waals surface area contributed by atoms with E-state index in [9.17, 15) is 5.11 Å². The van der Waals surface area contributed by atoms with Crippen LogP contribution in [-0.2, 0) is 0 Å². The summed E-state index contributed by atoms with van der Waals surface area (Å²) in [4.78, 5) is 0. The lowest BCUT2D eigenvalue weighted by atomic mass is 9.81. The molecule has 1 heteroatoms. The summed E-state index contributed by atoms with van der Waals surface area (Å²) < 4.78 is 0. The van der Waals surface area contributed by atoms with Crippen molar-refractivity contribution in [1.82, 2.24) is 0 Å². The third-order valence-corrected chi connectivity index (χ3v) is 6.46. The second kappa shape index (κ2) is 5.24. The average Bonchev–Trinajstić information content (AvgIpc) is 2.55. The molecule has 0 aliphatic heterocycles. The van der Waals surface area contributed by atoms with Crippen molar-refractivity contribution in [1.29, 1.82) is 0 Å². The fraction of sp³-hybridized carbons (Fsp3) is 0.391. The Labute approximate surface area is 145 Å². The lowest BCUT2D eigenvalue weighted by molar-refractivity contribution is 0.467. The molecule has 0 saturated carbocycles. The summed E-state index contributed by atoms with van der Waals surface area (Å²) in [6.07, 6.45) is 0. The summed E-state index contributed by atoms with van der Waals surface area (Å²) >= 11 is 0. The summed E-state index contributed by atoms with van der Waals surface area (Å²) in [6.45, 7) is 19.6. The van der Waals surface area contributed by atoms with Crippen LogP contribution in [0.25, 0.3) is 21.5 Å². The molecule has 0 heterocycles. The average molecular weight is 320 g/mol. The van der Waals surface area contributed by atoms with Gasteiger partial charge in [-0.3, -0.25) is 0 Å². The van der Waals surface area contributed by atoms with Crippen molar-refractivity contribution in [3.63, 3.8) is 0 Å². The Hall–Kier alpha value is -2.02. The van der Waals surface area contributed by atoms with E-state index in [-0.39, 0.29) is 0 Å². The van der Waals surface area contributed by atoms with Gasteiger partial charge in [-0.1, -0.05) is 0 Å². The Morgan fingerprint density at radius 2 is 0.625 bits per heavy atom. The summed E-state index contributed by atoms with van der Waals surface area (Å²) in [5.41, 5.74) is 11.4. The molecule has 3 aromatic rings. The van der Waals surface area contributed by atoms with Crippen LogP contribution in [-0.4, -0.2) is 5.11 Å². The van der Waals surface area contributed by atoms with Gasteiger partial charge in [-0.05, 0) is 134 Å². The summed E-state index contributed by atoms with van der Waals surface area (Å²) in [7, 11) is 0. The van der Waals surface area contributed by atoms with Gasteiger partial charge < -0.3 is 5.11 Å². The number of benzene rings is 3. The van der Waals surface area contributed by atoms with Crippen LogP contribution in [0.5, 0.6) is 5.75 Å². The number of fused-ring (bicyclic) bond motifs is 2. The van der Waals surface area contributed by atoms with E-state index in [4.69, 9.17) is 0 Å². The van der Waals surface area contributed by atoms with Crippen LogP contribution in [0.4, 0.5) is 0 Å². The highest BCUT2D eigenvalue weighted by atomic mass is 16.3. The zero-order valence-corrected chi connectivity index (χ0v) is 16.4. The second-order valence-electron chi connectivity index (χ2n) is 7.47. The third-order valence-electron chi connectivity index (χ3n) is 6.46. The van der Waals surface area contributed by atoms with Gasteiger partial charge >= 0.3 is 0 Å². The first-order chi connectivity index (χ1) is 11.1. The highest BCUT2D eigenvalue weighted by Crippen LogP contribution is 2.44. The number of hydrogen-bond acceptors (Lipinski definition) is 1. The minimum atomic E-state index is 0.444. The van der Waals surface area contributed by atoms with Gasteiger partial charge in [-0.15, -0.1) is 0 Å². The zero-order valence-electron chi connectivity index (χ0n) is 16.4. The molecule has 1 nitrogen and oxygen atoms in total. The summed E-state index contributed by atoms with van der Waals surface area (Å²) in [5, 5.41) is 15.9. The molecule has 0 aliphatic carbocycles. The van der Waals surface area contributed by atoms with Crippen LogP contribution < -0.4 is 0 Å². The van der Waals surface area contributed by atoms with Crippen LogP contribution in [0.3, 0.4) is 0 Å². The highest BCUT2D eigenvalue weighted by Gasteiger charge is 2.21. The topological polar surface area (TPSA) is 20.2 Å². The quantitative estimate of drug-likeness (QED) is 0.470. The molecule has 0 saturated heterocycles. The Bertz CT molecular complexity index is 871. The van der Waals surface area contributed by atoms with Crippen molar-refractivity contribution in [3.8, 4) is 5.75 Å². The maximum absolute atomic E-state index is 10.6. The molecule has 0 atom stereocenters. The van der Waals surface area contributed by atoms with E-state index in [2.05, 4.69) is 48.5 Å². The van der Waals surface area contributed by atoms with E-state index in [0.717, 1.165) is 11.1 Å². The fourth-order valence-electron chi connectivity index (χ4n) is 4.58. The molecule has 24 heavy (non-hydrogen) atoms. The first-order valence-corrected chi connectivity index (χ1v) is 8.72. The zero-order chi connectivity index (χ0) is 18.1. The standard InChI is InChI=1S/C23H28O/c1-10-11(2)13(4)20-17(8)22-18(9)23(24)15(6)14(5)21(22)16(7)19(20)12(10)3/h24H,1-9H3. The van der Waals surface area contributed by atoms with Crippen LogP contribution in [0.2, 0.25) is 0 Å². The number of phenols is 1. The Morgan fingerprint density at radius 3 is 1.00 bits per heavy atom. The predicted octanol–water partition coefficient (Wildman–Crippen LogP) is 6.47. The maximum atomic E-state index is 10.6. The van der Waals surface area contributed by atoms with E-state index >= 15 is 0 Å². The number of rotatable bonds is 0. The van der Waals surface area contributed by atoms with Gasteiger partial charge in [-0.2, -0.15) is 0 Å². The molecule has 0 amide bonds. The normalized spacial score (nSPS) is 11.7. The van der Waals surface area contributed by atoms with Crippen molar-refractivity contribution in [2.45, 2.75) is 62.3 Å². The van der Waals surface area contributed by atoms with Crippen LogP contribution in [0.15, 0.2) is 0 Å². The van der Waals surface area contributed by atoms with Gasteiger partial charge in [0.05, 0.1) is 0 Å². The maximum Gasteiger partial charge on any atom is 0.122 e. The number of hydrogen-bond donors (Lipinski definition) is 1. The lowest BCUT2D eigenvalue weighted by Gasteiger charge is -2.23. The van der Waals surface area contributed by atoms with Gasteiger partial charge in [0, 0.05) is 0 Å². The van der Waals surface area contributed by atoms with Crippen molar-refractivity contribution in [2.24, 2.45) is 0 Å². The monoisotopic (exact) mass is 320 g/mol. The number of aryl methyl sites for hydroxylation is 6. The van der Waals surface area contributed by atoms with Crippen LogP contribution >= 0.6 is 0 Å². The van der Waals surface area contributed by atoms with Gasteiger partial charge in [0.25, 0.3) is 0 Å². The Kier molecular flexibility index (Phi) is 3.67. The molecule has 0 aromatic heterocycles. The molecular weight excluding hydrogens is 292 g/mol. The Balaban J connectivity index is 2.82. The lowest BCUT2D eigenvalue weighted by Crippen LogP contribution is -2.02. The van der Waals surface area contributed by atoms with E-state index in [1.807, 2.05) is 13.8 Å². The highest BCUT2D eigenvalue weighted by molar-refractivity contribution is 6.11. The van der Waals surface area contributed by atoms with E-state index in [1.54, 1.807) is 0 Å². The van der Waals surface area contributed by atoms with Crippen LogP contribution in [0.1, 0.15) is 50.1 Å². The molecule has 0 unspecified atom stereocenters. The molecule has 126 valence electrons. The van der Waals surface area contributed by atoms with E-state index < -0.39 is 0 Å². The Morgan fingerprint density at radius 1 is 0.333 bits per heavy atom. The molecule has 1 N–H and O–H groups in total. The van der Waals surface area contributed by atoms with Crippen LogP contribution in [0, 0.1) is 62.3 Å². The van der Waals surface area contributed by atoms with Crippen molar-refractivity contribution in [3.05, 3.63) is 50.1 Å². The third kappa shape index (κ3) is 1.87. The van der Waals surface area contributed by atoms with Crippen molar-refractivity contribution in [2.75, 3.05) is 0 Å². The minimum absolute atomic E-state index is 0.444. The first-order valence-electron chi connectivity index (χ1n) is 8.72. The molecule has 3 rings (SSSR count). The predicted molar refractivity (Wildman–Crippen MR) is 106 cm³/mol. The SMILES string of the molecule is Cc1c(C)c(C)c2c(C)c3c(C)c(O)c(C)c(C)c3c(C)c2c1C. The summed E-state index contributed by atoms with van der Waals surface area (Å²) in [5.74, 6) is 0.444.